The Bertz CT molecular complexity index is 294. The molecule has 15 heavy (non-hydrogen) atoms. The maximum Gasteiger partial charge on any atom is 0 e. The molecule has 1 aliphatic rings. The first-order valence-electron chi connectivity index (χ1n) is 6.38. The molecule has 1 fully saturated rings. The zero-order valence-electron chi connectivity index (χ0n) is 10.00. The quantitative estimate of drug-likeness (QED) is 0.650. The first kappa shape index (κ1) is 10.7. The highest BCUT2D eigenvalue weighted by Gasteiger charge is 2.19. The second-order valence-corrected chi connectivity index (χ2v) is 5.05. The number of hydrogen-bond donors (Lipinski definition) is 0. The van der Waals surface area contributed by atoms with Crippen molar-refractivity contribution in [1.29, 1.82) is 0 Å². The van der Waals surface area contributed by atoms with Crippen molar-refractivity contribution in [3.63, 3.8) is 0 Å². The van der Waals surface area contributed by atoms with E-state index in [1.54, 1.807) is 5.56 Å². The molecule has 0 spiro atoms. The van der Waals surface area contributed by atoms with Crippen LogP contribution in [0.2, 0.25) is 0 Å². The fourth-order valence-corrected chi connectivity index (χ4v) is 2.62. The molecule has 0 nitrogen and oxygen atoms in total. The molecular weight excluding hydrogens is 180 g/mol. The maximum atomic E-state index is 2.39. The third kappa shape index (κ3) is 2.62. The summed E-state index contributed by atoms with van der Waals surface area (Å²) in [5, 5.41) is 0. The number of rotatable bonds is 2. The van der Waals surface area contributed by atoms with Crippen molar-refractivity contribution in [2.45, 2.75) is 51.9 Å². The van der Waals surface area contributed by atoms with Gasteiger partial charge in [-0.05, 0) is 42.2 Å². The van der Waals surface area contributed by atoms with E-state index in [1.807, 2.05) is 0 Å². The van der Waals surface area contributed by atoms with Gasteiger partial charge in [0.25, 0.3) is 0 Å². The summed E-state index contributed by atoms with van der Waals surface area (Å²) < 4.78 is 0. The molecule has 0 amide bonds. The van der Waals surface area contributed by atoms with Crippen molar-refractivity contribution in [1.82, 2.24) is 0 Å². The zero-order valence-corrected chi connectivity index (χ0v) is 10.00. The average molecular weight is 204 g/mol. The van der Waals surface area contributed by atoms with Gasteiger partial charge >= 0.3 is 0 Å². The van der Waals surface area contributed by atoms with E-state index in [-0.39, 0.29) is 1.43 Å². The zero-order chi connectivity index (χ0) is 10.7. The van der Waals surface area contributed by atoms with E-state index in [2.05, 4.69) is 38.1 Å². The van der Waals surface area contributed by atoms with Gasteiger partial charge in [-0.15, -0.1) is 0 Å². The lowest BCUT2D eigenvalue weighted by atomic mass is 9.79. The van der Waals surface area contributed by atoms with Gasteiger partial charge in [-0.25, -0.2) is 0 Å². The van der Waals surface area contributed by atoms with Gasteiger partial charge in [-0.2, -0.15) is 0 Å². The first-order chi connectivity index (χ1) is 7.29. The third-order valence-electron chi connectivity index (χ3n) is 3.88. The van der Waals surface area contributed by atoms with E-state index in [4.69, 9.17) is 0 Å². The van der Waals surface area contributed by atoms with Crippen LogP contribution in [0.25, 0.3) is 0 Å². The molecule has 0 aliphatic heterocycles. The predicted octanol–water partition coefficient (Wildman–Crippen LogP) is 4.79. The van der Waals surface area contributed by atoms with Crippen LogP contribution in [0.15, 0.2) is 24.3 Å². The van der Waals surface area contributed by atoms with Crippen LogP contribution in [0, 0.1) is 5.92 Å². The topological polar surface area (TPSA) is 0 Å². The summed E-state index contributed by atoms with van der Waals surface area (Å²) in [5.74, 6) is 1.79. The average Bonchev–Trinajstić information content (AvgIpc) is 2.30. The van der Waals surface area contributed by atoms with Gasteiger partial charge in [0.2, 0.25) is 0 Å². The Labute approximate surface area is 95.2 Å². The molecule has 1 aliphatic carbocycles. The Kier molecular flexibility index (Phi) is 3.45. The highest BCUT2D eigenvalue weighted by Crippen LogP contribution is 2.35. The van der Waals surface area contributed by atoms with E-state index in [1.165, 1.54) is 31.2 Å². The van der Waals surface area contributed by atoms with Crippen LogP contribution in [-0.2, 0) is 6.42 Å². The molecule has 0 N–H and O–H groups in total. The first-order valence-corrected chi connectivity index (χ1v) is 6.38. The summed E-state index contributed by atoms with van der Waals surface area (Å²) in [6.07, 6.45) is 6.78. The lowest BCUT2D eigenvalue weighted by molar-refractivity contribution is 0.348. The molecule has 0 bridgehead atoms. The highest BCUT2D eigenvalue weighted by atomic mass is 14.2. The molecule has 0 unspecified atom stereocenters. The fourth-order valence-electron chi connectivity index (χ4n) is 2.62. The van der Waals surface area contributed by atoms with Crippen molar-refractivity contribution in [2.75, 3.05) is 0 Å². The van der Waals surface area contributed by atoms with E-state index >= 15 is 0 Å². The normalized spacial score (nSPS) is 26.5. The lowest BCUT2D eigenvalue weighted by Gasteiger charge is -2.26. The Hall–Kier alpha value is -0.780. The van der Waals surface area contributed by atoms with Crippen molar-refractivity contribution in [3.8, 4) is 0 Å². The minimum atomic E-state index is 0. The SMILES string of the molecule is CCc1ccc(C2CCC(C)CC2)cc1.[HH]. The van der Waals surface area contributed by atoms with E-state index in [9.17, 15) is 0 Å². The Morgan fingerprint density at radius 1 is 1.07 bits per heavy atom. The van der Waals surface area contributed by atoms with Crippen LogP contribution < -0.4 is 0 Å². The largest absolute Gasteiger partial charge is 0.0625 e. The van der Waals surface area contributed by atoms with Crippen LogP contribution in [-0.4, -0.2) is 0 Å². The monoisotopic (exact) mass is 204 g/mol. The molecule has 0 radical (unpaired) electrons. The minimum absolute atomic E-state index is 0. The molecule has 1 aromatic carbocycles. The van der Waals surface area contributed by atoms with Crippen molar-refractivity contribution < 1.29 is 1.43 Å². The predicted molar refractivity (Wildman–Crippen MR) is 68.3 cm³/mol. The van der Waals surface area contributed by atoms with Crippen molar-refractivity contribution in [2.24, 2.45) is 5.92 Å². The number of benzene rings is 1. The summed E-state index contributed by atoms with van der Waals surface area (Å²) in [5.41, 5.74) is 3.03. The molecular formula is C15H24. The van der Waals surface area contributed by atoms with Gasteiger partial charge in [0.1, 0.15) is 0 Å². The summed E-state index contributed by atoms with van der Waals surface area (Å²) in [6.45, 7) is 4.60. The molecule has 1 aromatic rings. The Balaban J connectivity index is 0.00000128. The van der Waals surface area contributed by atoms with Crippen LogP contribution in [0.1, 0.15) is 58.0 Å². The van der Waals surface area contributed by atoms with Gasteiger partial charge in [0.15, 0.2) is 0 Å². The molecule has 0 saturated heterocycles. The van der Waals surface area contributed by atoms with E-state index < -0.39 is 0 Å². The molecule has 0 aromatic heterocycles. The van der Waals surface area contributed by atoms with Gasteiger partial charge in [0, 0.05) is 1.43 Å². The molecule has 0 atom stereocenters. The lowest BCUT2D eigenvalue weighted by Crippen LogP contribution is -2.10. The molecule has 2 rings (SSSR count). The number of hydrogen-bond acceptors (Lipinski definition) is 0. The number of aryl methyl sites for hydroxylation is 1. The molecule has 0 heterocycles. The molecule has 1 saturated carbocycles. The van der Waals surface area contributed by atoms with E-state index in [0.717, 1.165) is 18.3 Å². The van der Waals surface area contributed by atoms with Crippen LogP contribution in [0.3, 0.4) is 0 Å². The molecule has 0 heteroatoms. The van der Waals surface area contributed by atoms with Crippen LogP contribution in [0.4, 0.5) is 0 Å². The fraction of sp³-hybridized carbons (Fsp3) is 0.600. The summed E-state index contributed by atoms with van der Waals surface area (Å²) in [7, 11) is 0. The second kappa shape index (κ2) is 4.83. The standard InChI is InChI=1S/C15H22.H2/c1-3-13-6-10-15(11-7-13)14-8-4-12(2)5-9-14;/h6-7,10-12,14H,3-5,8-9H2,1-2H3;1H. The van der Waals surface area contributed by atoms with E-state index in [0.29, 0.717) is 0 Å². The summed E-state index contributed by atoms with van der Waals surface area (Å²) >= 11 is 0. The van der Waals surface area contributed by atoms with Crippen LogP contribution in [0.5, 0.6) is 0 Å². The van der Waals surface area contributed by atoms with Crippen LogP contribution >= 0.6 is 0 Å². The third-order valence-corrected chi connectivity index (χ3v) is 3.88. The Morgan fingerprint density at radius 2 is 1.67 bits per heavy atom. The maximum absolute atomic E-state index is 2.39. The summed E-state index contributed by atoms with van der Waals surface area (Å²) in [6, 6.07) is 9.29. The highest BCUT2D eigenvalue weighted by molar-refractivity contribution is 5.25. The van der Waals surface area contributed by atoms with Gasteiger partial charge < -0.3 is 0 Å². The van der Waals surface area contributed by atoms with Gasteiger partial charge in [0.05, 0.1) is 0 Å². The van der Waals surface area contributed by atoms with Gasteiger partial charge in [-0.3, -0.25) is 0 Å². The van der Waals surface area contributed by atoms with Crippen molar-refractivity contribution >= 4 is 0 Å². The van der Waals surface area contributed by atoms with Gasteiger partial charge in [-0.1, -0.05) is 51.0 Å². The van der Waals surface area contributed by atoms with Crippen molar-refractivity contribution in [3.05, 3.63) is 35.4 Å². The summed E-state index contributed by atoms with van der Waals surface area (Å²) in [4.78, 5) is 0. The smallest absolute Gasteiger partial charge is 0 e. The second-order valence-electron chi connectivity index (χ2n) is 5.05. The Morgan fingerprint density at radius 3 is 2.20 bits per heavy atom. The molecule has 84 valence electrons. The minimum Gasteiger partial charge on any atom is -0.0625 e.